The van der Waals surface area contributed by atoms with Crippen molar-refractivity contribution < 1.29 is 17.4 Å². The molecule has 2 aromatic heterocycles. The van der Waals surface area contributed by atoms with Gasteiger partial charge >= 0.3 is 0 Å². The van der Waals surface area contributed by atoms with E-state index in [9.17, 15) is 5.11 Å². The molecule has 0 atom stereocenters. The number of imidazole rings is 1. The molecule has 4 nitrogen and oxygen atoms in total. The fourth-order valence-electron chi connectivity index (χ4n) is 9.98. The Labute approximate surface area is 445 Å². The number of phenols is 1. The maximum Gasteiger partial charge on any atom is 0.149 e. The quantitative estimate of drug-likeness (QED) is 0.149. The van der Waals surface area contributed by atoms with Gasteiger partial charge in [0.15, 0.2) is 0 Å². The second kappa shape index (κ2) is 19.3. The van der Waals surface area contributed by atoms with Crippen molar-refractivity contribution in [2.45, 2.75) is 98.6 Å². The van der Waals surface area contributed by atoms with Gasteiger partial charge < -0.3 is 5.11 Å². The number of fused-ring (bicyclic) bond motifs is 1. The van der Waals surface area contributed by atoms with E-state index in [1.807, 2.05) is 30.3 Å². The van der Waals surface area contributed by atoms with Gasteiger partial charge in [-0.3, -0.25) is 9.55 Å². The Morgan fingerprint density at radius 1 is 0.493 bits per heavy atom. The van der Waals surface area contributed by atoms with Gasteiger partial charge in [-0.2, -0.15) is 0 Å². The van der Waals surface area contributed by atoms with Gasteiger partial charge in [-0.1, -0.05) is 196 Å². The Bertz CT molecular complexity index is 3950. The number of para-hydroxylation sites is 1. The molecule has 0 aliphatic heterocycles. The second-order valence-corrected chi connectivity index (χ2v) is 21.1. The number of aromatic hydroxyl groups is 1. The number of benzene rings is 8. The van der Waals surface area contributed by atoms with E-state index in [0.29, 0.717) is 28.2 Å². The minimum Gasteiger partial charge on any atom is -0.507 e. The van der Waals surface area contributed by atoms with Gasteiger partial charge in [0.2, 0.25) is 0 Å². The van der Waals surface area contributed by atoms with Crippen LogP contribution in [-0.2, 0) is 10.8 Å². The minimum atomic E-state index is -3.38. The van der Waals surface area contributed by atoms with Crippen LogP contribution in [0.4, 0.5) is 0 Å². The maximum atomic E-state index is 12.6. The Hall–Kier alpha value is -7.82. The van der Waals surface area contributed by atoms with Crippen molar-refractivity contribution >= 4 is 11.0 Å². The van der Waals surface area contributed by atoms with E-state index in [2.05, 4.69) is 181 Å². The summed E-state index contributed by atoms with van der Waals surface area (Å²) in [5, 5.41) is 12.6. The van der Waals surface area contributed by atoms with Gasteiger partial charge in [0.25, 0.3) is 0 Å². The van der Waals surface area contributed by atoms with Crippen molar-refractivity contribution in [3.8, 4) is 89.7 Å². The lowest BCUT2D eigenvalue weighted by atomic mass is 9.85. The third-order valence-electron chi connectivity index (χ3n) is 14.2. The number of nitrogens with zero attached hydrogens (tertiary/aromatic N) is 3. The van der Waals surface area contributed by atoms with Crippen LogP contribution in [0.3, 0.4) is 0 Å². The first-order chi connectivity index (χ1) is 38.7. The van der Waals surface area contributed by atoms with Crippen LogP contribution in [-0.4, -0.2) is 19.6 Å². The zero-order valence-corrected chi connectivity index (χ0v) is 42.8. The van der Waals surface area contributed by atoms with E-state index < -0.39 is 26.0 Å². The Morgan fingerprint density at radius 2 is 1.10 bits per heavy atom. The third-order valence-corrected chi connectivity index (χ3v) is 14.2. The molecule has 2 heterocycles. The standard InChI is InChI=1S/C69H67N3O/c1-43(2)51-39-58(44(3)4)66(73)61(40-51)67-71-65-57(53-36-52(46-19-14-12-15-20-46)37-54(38-53)62-41-50(33-34-70-62)47-25-29-55(30-26-47)68(6,7)8)23-18-24-63(65)72(67)64-35-45(5)59(48-21-16-13-17-22-48)42-60(64)49-27-31-56(32-28-49)69(9,10)11/h12-44,73H,1-11H3/i6D3,7D3,8D3. The Morgan fingerprint density at radius 3 is 1.74 bits per heavy atom. The highest BCUT2D eigenvalue weighted by Gasteiger charge is 2.26. The van der Waals surface area contributed by atoms with Crippen LogP contribution in [0.25, 0.3) is 95.0 Å². The van der Waals surface area contributed by atoms with E-state index in [-0.39, 0.29) is 28.6 Å². The highest BCUT2D eigenvalue weighted by Crippen LogP contribution is 2.46. The molecule has 0 saturated carbocycles. The van der Waals surface area contributed by atoms with Crippen molar-refractivity contribution in [3.05, 3.63) is 216 Å². The zero-order chi connectivity index (χ0) is 58.8. The van der Waals surface area contributed by atoms with E-state index in [4.69, 9.17) is 22.3 Å². The van der Waals surface area contributed by atoms with Crippen LogP contribution < -0.4 is 0 Å². The summed E-state index contributed by atoms with van der Waals surface area (Å²) in [5.74, 6) is 0.956. The number of pyridine rings is 1. The highest BCUT2D eigenvalue weighted by atomic mass is 16.3. The van der Waals surface area contributed by atoms with Crippen LogP contribution in [0, 0.1) is 6.92 Å². The number of aromatic nitrogens is 3. The molecule has 8 aromatic carbocycles. The molecule has 0 aliphatic carbocycles. The fourth-order valence-corrected chi connectivity index (χ4v) is 9.98. The van der Waals surface area contributed by atoms with Gasteiger partial charge in [-0.25, -0.2) is 4.98 Å². The molecule has 0 fully saturated rings. The van der Waals surface area contributed by atoms with Crippen LogP contribution >= 0.6 is 0 Å². The monoisotopic (exact) mass is 963 g/mol. The predicted octanol–water partition coefficient (Wildman–Crippen LogP) is 18.9. The molecule has 0 unspecified atom stereocenters. The summed E-state index contributed by atoms with van der Waals surface area (Å²) in [4.78, 5) is 10.6. The number of aryl methyl sites for hydroxylation is 1. The average Bonchev–Trinajstić information content (AvgIpc) is 3.09. The molecule has 0 aliphatic rings. The first-order valence-corrected chi connectivity index (χ1v) is 25.2. The van der Waals surface area contributed by atoms with Crippen LogP contribution in [0.2, 0.25) is 0 Å². The van der Waals surface area contributed by atoms with Gasteiger partial charge in [0.1, 0.15) is 11.6 Å². The lowest BCUT2D eigenvalue weighted by molar-refractivity contribution is 0.466. The summed E-state index contributed by atoms with van der Waals surface area (Å²) in [6.07, 6.45) is 1.68. The number of hydrogen-bond donors (Lipinski definition) is 1. The lowest BCUT2D eigenvalue weighted by Crippen LogP contribution is -2.10. The van der Waals surface area contributed by atoms with Crippen molar-refractivity contribution in [1.29, 1.82) is 0 Å². The summed E-state index contributed by atoms with van der Waals surface area (Å²) >= 11 is 0. The maximum absolute atomic E-state index is 12.6. The van der Waals surface area contributed by atoms with Crippen LogP contribution in [0.5, 0.6) is 5.75 Å². The molecule has 73 heavy (non-hydrogen) atoms. The SMILES string of the molecule is [2H]C([2H])([2H])C(c1ccc(-c2ccnc(-c3cc(-c4ccccc4)cc(-c4cccc5c4nc(-c4cc(C(C)C)cc(C(C)C)c4O)n5-c4cc(C)c(-c5ccccc5)cc4-c4ccc(C(C)(C)C)cc4)c3)c2)cc1)(C([2H])([2H])[2H])C([2H])([2H])[2H]. The summed E-state index contributed by atoms with van der Waals surface area (Å²) < 4.78 is 76.6. The fraction of sp³-hybridized carbons (Fsp3) is 0.217. The molecule has 4 heteroatoms. The molecule has 364 valence electrons. The van der Waals surface area contributed by atoms with E-state index in [1.165, 1.54) is 17.7 Å². The first kappa shape index (κ1) is 38.8. The molecular weight excluding hydrogens is 887 g/mol. The van der Waals surface area contributed by atoms with Crippen molar-refractivity contribution in [1.82, 2.24) is 14.5 Å². The van der Waals surface area contributed by atoms with Gasteiger partial charge in [-0.05, 0) is 157 Å². The van der Waals surface area contributed by atoms with Crippen molar-refractivity contribution in [2.24, 2.45) is 0 Å². The molecule has 10 aromatic rings. The molecule has 0 amide bonds. The van der Waals surface area contributed by atoms with E-state index in [1.54, 1.807) is 24.4 Å². The third kappa shape index (κ3) is 9.67. The number of rotatable bonds is 10. The first-order valence-electron chi connectivity index (χ1n) is 29.7. The largest absolute Gasteiger partial charge is 0.507 e. The van der Waals surface area contributed by atoms with Gasteiger partial charge in [0, 0.05) is 35.2 Å². The zero-order valence-electron chi connectivity index (χ0n) is 51.8. The molecule has 0 spiro atoms. The molecule has 0 saturated heterocycles. The van der Waals surface area contributed by atoms with Gasteiger partial charge in [-0.15, -0.1) is 0 Å². The Balaban J connectivity index is 1.22. The molecule has 1 N–H and O–H groups in total. The Kier molecular flexibility index (Phi) is 10.3. The minimum absolute atomic E-state index is 0.0181. The van der Waals surface area contributed by atoms with Crippen LogP contribution in [0.15, 0.2) is 188 Å². The van der Waals surface area contributed by atoms with E-state index in [0.717, 1.165) is 83.5 Å². The normalized spacial score (nSPS) is 14.4. The highest BCUT2D eigenvalue weighted by molar-refractivity contribution is 5.99. The molecule has 0 radical (unpaired) electrons. The topological polar surface area (TPSA) is 50.9 Å². The average molecular weight is 963 g/mol. The second-order valence-electron chi connectivity index (χ2n) is 21.1. The molecule has 0 bridgehead atoms. The molecular formula is C69H67N3O. The summed E-state index contributed by atoms with van der Waals surface area (Å²) in [5.41, 5.74) is 14.4. The predicted molar refractivity (Wildman–Crippen MR) is 309 cm³/mol. The van der Waals surface area contributed by atoms with Crippen LogP contribution in [0.1, 0.15) is 121 Å². The lowest BCUT2D eigenvalue weighted by Gasteiger charge is -2.22. The smallest absolute Gasteiger partial charge is 0.149 e. The summed E-state index contributed by atoms with van der Waals surface area (Å²) in [7, 11) is 0. The van der Waals surface area contributed by atoms with Gasteiger partial charge in [0.05, 0.1) is 28.0 Å². The summed E-state index contributed by atoms with van der Waals surface area (Å²) in [6, 6.07) is 60.2. The van der Waals surface area contributed by atoms with Crippen molar-refractivity contribution in [3.63, 3.8) is 0 Å². The van der Waals surface area contributed by atoms with E-state index >= 15 is 0 Å². The number of hydrogen-bond acceptors (Lipinski definition) is 3. The molecule has 10 rings (SSSR count). The van der Waals surface area contributed by atoms with Crippen molar-refractivity contribution in [2.75, 3.05) is 0 Å². The summed E-state index contributed by atoms with van der Waals surface area (Å²) in [6.45, 7) is 7.21. The number of phenolic OH excluding ortho intramolecular Hbond substituents is 1.